The molecule has 1 aliphatic rings. The van der Waals surface area contributed by atoms with Crippen LogP contribution in [0.5, 0.6) is 0 Å². The second-order valence-corrected chi connectivity index (χ2v) is 5.84. The highest BCUT2D eigenvalue weighted by molar-refractivity contribution is 5.79. The number of carboxylic acid groups (broad SMARTS) is 1. The van der Waals surface area contributed by atoms with E-state index in [1.807, 2.05) is 35.2 Å². The molecule has 1 aromatic rings. The first-order valence-electron chi connectivity index (χ1n) is 7.64. The molecule has 1 amide bonds. The molecule has 0 aliphatic carbocycles. The van der Waals surface area contributed by atoms with Crippen molar-refractivity contribution >= 4 is 11.9 Å². The summed E-state index contributed by atoms with van der Waals surface area (Å²) in [5.74, 6) is -1.02. The normalized spacial score (nSPS) is 20.0. The largest absolute Gasteiger partial charge is 0.481 e. The zero-order valence-corrected chi connectivity index (χ0v) is 12.5. The van der Waals surface area contributed by atoms with E-state index in [0.29, 0.717) is 0 Å². The molecule has 0 spiro atoms. The van der Waals surface area contributed by atoms with Gasteiger partial charge in [-0.05, 0) is 31.7 Å². The number of hydrogen-bond acceptors (Lipinski definition) is 2. The fourth-order valence-electron chi connectivity index (χ4n) is 3.04. The summed E-state index contributed by atoms with van der Waals surface area (Å²) in [6.45, 7) is 2.88. The van der Waals surface area contributed by atoms with Crippen LogP contribution < -0.4 is 0 Å². The first-order chi connectivity index (χ1) is 10.1. The smallest absolute Gasteiger partial charge is 0.303 e. The van der Waals surface area contributed by atoms with Crippen molar-refractivity contribution in [3.63, 3.8) is 0 Å². The van der Waals surface area contributed by atoms with Crippen molar-refractivity contribution in [2.24, 2.45) is 0 Å². The van der Waals surface area contributed by atoms with Gasteiger partial charge in [-0.2, -0.15) is 0 Å². The van der Waals surface area contributed by atoms with Crippen LogP contribution >= 0.6 is 0 Å². The van der Waals surface area contributed by atoms with Gasteiger partial charge >= 0.3 is 5.97 Å². The van der Waals surface area contributed by atoms with E-state index in [1.54, 1.807) is 0 Å². The van der Waals surface area contributed by atoms with Gasteiger partial charge in [0.25, 0.3) is 0 Å². The molecule has 0 unspecified atom stereocenters. The number of piperidine rings is 1. The molecule has 1 heterocycles. The Morgan fingerprint density at radius 2 is 1.95 bits per heavy atom. The highest BCUT2D eigenvalue weighted by Crippen LogP contribution is 2.26. The van der Waals surface area contributed by atoms with Crippen LogP contribution in [-0.2, 0) is 9.59 Å². The third kappa shape index (κ3) is 4.31. The fraction of sp³-hybridized carbons (Fsp3) is 0.529. The number of aliphatic carboxylic acids is 1. The van der Waals surface area contributed by atoms with Gasteiger partial charge < -0.3 is 10.0 Å². The average Bonchev–Trinajstić information content (AvgIpc) is 2.47. The van der Waals surface area contributed by atoms with E-state index in [4.69, 9.17) is 5.11 Å². The van der Waals surface area contributed by atoms with Gasteiger partial charge in [-0.15, -0.1) is 0 Å². The molecule has 4 nitrogen and oxygen atoms in total. The predicted molar refractivity (Wildman–Crippen MR) is 81.1 cm³/mol. The Bertz CT molecular complexity index is 486. The molecule has 1 aromatic carbocycles. The lowest BCUT2D eigenvalue weighted by Crippen LogP contribution is -2.42. The van der Waals surface area contributed by atoms with Crippen molar-refractivity contribution in [3.05, 3.63) is 35.9 Å². The Kier molecular flexibility index (Phi) is 5.37. The van der Waals surface area contributed by atoms with Gasteiger partial charge in [0.05, 0.1) is 6.42 Å². The second kappa shape index (κ2) is 7.25. The van der Waals surface area contributed by atoms with Crippen molar-refractivity contribution in [3.8, 4) is 0 Å². The van der Waals surface area contributed by atoms with Crippen LogP contribution in [0.4, 0.5) is 0 Å². The molecule has 0 radical (unpaired) electrons. The zero-order chi connectivity index (χ0) is 15.2. The molecule has 4 heteroatoms. The molecular formula is C17H23NO3. The summed E-state index contributed by atoms with van der Waals surface area (Å²) < 4.78 is 0. The van der Waals surface area contributed by atoms with Crippen molar-refractivity contribution in [1.82, 2.24) is 4.90 Å². The molecule has 1 aliphatic heterocycles. The van der Waals surface area contributed by atoms with Crippen molar-refractivity contribution in [2.75, 3.05) is 6.54 Å². The fourth-order valence-corrected chi connectivity index (χ4v) is 3.04. The molecule has 0 bridgehead atoms. The molecule has 1 fully saturated rings. The molecule has 21 heavy (non-hydrogen) atoms. The molecule has 2 atom stereocenters. The Labute approximate surface area is 125 Å². The Morgan fingerprint density at radius 3 is 2.57 bits per heavy atom. The van der Waals surface area contributed by atoms with Gasteiger partial charge in [-0.25, -0.2) is 0 Å². The third-order valence-corrected chi connectivity index (χ3v) is 4.24. The maximum Gasteiger partial charge on any atom is 0.303 e. The summed E-state index contributed by atoms with van der Waals surface area (Å²) in [7, 11) is 0. The van der Waals surface area contributed by atoms with E-state index in [1.165, 1.54) is 6.42 Å². The number of nitrogens with zero attached hydrogens (tertiary/aromatic N) is 1. The minimum Gasteiger partial charge on any atom is -0.481 e. The van der Waals surface area contributed by atoms with Crippen LogP contribution in [0.3, 0.4) is 0 Å². The van der Waals surface area contributed by atoms with E-state index in [9.17, 15) is 9.59 Å². The summed E-state index contributed by atoms with van der Waals surface area (Å²) in [5, 5.41) is 9.10. The number of carboxylic acids is 1. The van der Waals surface area contributed by atoms with Crippen LogP contribution in [0, 0.1) is 0 Å². The highest BCUT2D eigenvalue weighted by Gasteiger charge is 2.27. The van der Waals surface area contributed by atoms with E-state index >= 15 is 0 Å². The third-order valence-electron chi connectivity index (χ3n) is 4.24. The monoisotopic (exact) mass is 289 g/mol. The minimum atomic E-state index is -0.858. The maximum atomic E-state index is 12.5. The number of hydrogen-bond donors (Lipinski definition) is 1. The molecule has 0 aromatic heterocycles. The van der Waals surface area contributed by atoms with E-state index in [0.717, 1.165) is 24.9 Å². The number of amides is 1. The second-order valence-electron chi connectivity index (χ2n) is 5.84. The summed E-state index contributed by atoms with van der Waals surface area (Å²) in [4.78, 5) is 25.5. The van der Waals surface area contributed by atoms with Gasteiger partial charge in [-0.3, -0.25) is 9.59 Å². The molecule has 1 saturated heterocycles. The molecular weight excluding hydrogens is 266 g/mol. The number of carbonyl (C=O) groups is 2. The summed E-state index contributed by atoms with van der Waals surface area (Å²) in [5.41, 5.74) is 0.929. The molecule has 114 valence electrons. The van der Waals surface area contributed by atoms with Crippen LogP contribution in [0.15, 0.2) is 30.3 Å². The van der Waals surface area contributed by atoms with Gasteiger partial charge in [0.1, 0.15) is 0 Å². The Balaban J connectivity index is 2.07. The zero-order valence-electron chi connectivity index (χ0n) is 12.5. The molecule has 0 saturated carbocycles. The van der Waals surface area contributed by atoms with Gasteiger partial charge in [0.15, 0.2) is 0 Å². The number of benzene rings is 1. The highest BCUT2D eigenvalue weighted by atomic mass is 16.4. The van der Waals surface area contributed by atoms with Gasteiger partial charge in [0.2, 0.25) is 5.91 Å². The summed E-state index contributed by atoms with van der Waals surface area (Å²) >= 11 is 0. The first-order valence-corrected chi connectivity index (χ1v) is 7.64. The number of carbonyl (C=O) groups excluding carboxylic acids is 1. The maximum absolute atomic E-state index is 12.5. The van der Waals surface area contributed by atoms with Gasteiger partial charge in [-0.1, -0.05) is 30.3 Å². The number of likely N-dealkylation sites (tertiary alicyclic amines) is 1. The van der Waals surface area contributed by atoms with Crippen LogP contribution in [0.1, 0.15) is 50.5 Å². The van der Waals surface area contributed by atoms with E-state index in [2.05, 4.69) is 6.92 Å². The van der Waals surface area contributed by atoms with E-state index in [-0.39, 0.29) is 30.7 Å². The standard InChI is InChI=1S/C17H23NO3/c1-13-7-5-6-10-18(13)16(19)11-15(12-17(20)21)14-8-3-2-4-9-14/h2-4,8-9,13,15H,5-7,10-12H2,1H3,(H,20,21)/t13-,15+/m0/s1. The van der Waals surface area contributed by atoms with Crippen molar-refractivity contribution in [2.45, 2.75) is 51.0 Å². The molecule has 2 rings (SSSR count). The minimum absolute atomic E-state index is 0.00201. The lowest BCUT2D eigenvalue weighted by Gasteiger charge is -2.34. The Hall–Kier alpha value is -1.84. The van der Waals surface area contributed by atoms with Gasteiger partial charge in [0, 0.05) is 24.9 Å². The van der Waals surface area contributed by atoms with Crippen LogP contribution in [0.25, 0.3) is 0 Å². The quantitative estimate of drug-likeness (QED) is 0.906. The topological polar surface area (TPSA) is 57.6 Å². The first kappa shape index (κ1) is 15.5. The van der Waals surface area contributed by atoms with Crippen molar-refractivity contribution < 1.29 is 14.7 Å². The summed E-state index contributed by atoms with van der Waals surface area (Å²) in [6.07, 6.45) is 3.53. The SMILES string of the molecule is C[C@H]1CCCCN1C(=O)C[C@H](CC(=O)O)c1ccccc1. The number of rotatable bonds is 5. The van der Waals surface area contributed by atoms with Crippen LogP contribution in [0.2, 0.25) is 0 Å². The Morgan fingerprint density at radius 1 is 1.24 bits per heavy atom. The van der Waals surface area contributed by atoms with Crippen molar-refractivity contribution in [1.29, 1.82) is 0 Å². The lowest BCUT2D eigenvalue weighted by molar-refractivity contribution is -0.138. The lowest BCUT2D eigenvalue weighted by atomic mass is 9.91. The van der Waals surface area contributed by atoms with Crippen LogP contribution in [-0.4, -0.2) is 34.5 Å². The predicted octanol–water partition coefficient (Wildman–Crippen LogP) is 3.04. The van der Waals surface area contributed by atoms with E-state index < -0.39 is 5.97 Å². The average molecular weight is 289 g/mol. The molecule has 1 N–H and O–H groups in total. The summed E-state index contributed by atoms with van der Waals surface area (Å²) in [6, 6.07) is 9.75.